The SMILES string of the molecule is CC/C=C\C/C=C\C/C=C\C/C=C\CCCCC(=O)OC1C(OCC(COC(=O)CC/C=C\C/C=C\C/C=C\C/C=C\CC)OC(=O)CCCCCCCCCCC)OC(C(=O)O)C(O)C1O. The maximum absolute atomic E-state index is 13.0. The van der Waals surface area contributed by atoms with E-state index in [2.05, 4.69) is 106 Å². The number of aliphatic hydroxyl groups is 2. The van der Waals surface area contributed by atoms with Gasteiger partial charge in [-0.25, -0.2) is 4.79 Å². The Kier molecular flexibility index (Phi) is 38.9. The zero-order valence-corrected chi connectivity index (χ0v) is 41.1. The van der Waals surface area contributed by atoms with Crippen LogP contribution in [-0.2, 0) is 42.9 Å². The number of unbranched alkanes of at least 4 members (excludes halogenated alkanes) is 10. The number of rotatable bonds is 40. The minimum atomic E-state index is -1.93. The maximum atomic E-state index is 13.0. The number of allylic oxidation sites excluding steroid dienone is 16. The summed E-state index contributed by atoms with van der Waals surface area (Å²) in [6.45, 7) is 5.60. The summed E-state index contributed by atoms with van der Waals surface area (Å²) in [6.07, 6.45) is 42.9. The summed E-state index contributed by atoms with van der Waals surface area (Å²) < 4.78 is 28.1. The van der Waals surface area contributed by atoms with Crippen LogP contribution in [0.3, 0.4) is 0 Å². The van der Waals surface area contributed by atoms with Gasteiger partial charge in [-0.2, -0.15) is 0 Å². The highest BCUT2D eigenvalue weighted by Gasteiger charge is 2.50. The third kappa shape index (κ3) is 33.7. The van der Waals surface area contributed by atoms with E-state index in [1.54, 1.807) is 0 Å². The number of carbonyl (C=O) groups excluding carboxylic acids is 3. The Bertz CT molecular complexity index is 1540. The molecule has 0 aromatic heterocycles. The van der Waals surface area contributed by atoms with Crippen LogP contribution < -0.4 is 0 Å². The fourth-order valence-electron chi connectivity index (χ4n) is 6.84. The minimum absolute atomic E-state index is 0.00211. The summed E-state index contributed by atoms with van der Waals surface area (Å²) in [5, 5.41) is 31.3. The van der Waals surface area contributed by atoms with Crippen LogP contribution in [0, 0.1) is 0 Å². The Hall–Kier alpha value is -4.36. The van der Waals surface area contributed by atoms with Crippen molar-refractivity contribution >= 4 is 23.9 Å². The number of hydrogen-bond donors (Lipinski definition) is 3. The van der Waals surface area contributed by atoms with Gasteiger partial charge < -0.3 is 39.0 Å². The van der Waals surface area contributed by atoms with Gasteiger partial charge >= 0.3 is 23.9 Å². The quantitative estimate of drug-likeness (QED) is 0.0230. The first-order chi connectivity index (χ1) is 32.6. The van der Waals surface area contributed by atoms with E-state index < -0.39 is 67.3 Å². The molecule has 12 heteroatoms. The number of ether oxygens (including phenoxy) is 5. The van der Waals surface area contributed by atoms with Gasteiger partial charge in [0.2, 0.25) is 0 Å². The van der Waals surface area contributed by atoms with E-state index in [0.29, 0.717) is 25.7 Å². The number of carboxylic acids is 1. The van der Waals surface area contributed by atoms with E-state index in [1.807, 2.05) is 12.2 Å². The lowest BCUT2D eigenvalue weighted by atomic mass is 9.98. The van der Waals surface area contributed by atoms with Crippen molar-refractivity contribution in [2.45, 2.75) is 212 Å². The molecule has 0 bridgehead atoms. The van der Waals surface area contributed by atoms with E-state index >= 15 is 0 Å². The number of hydrogen-bond acceptors (Lipinski definition) is 11. The van der Waals surface area contributed by atoms with Crippen LogP contribution in [0.4, 0.5) is 0 Å². The van der Waals surface area contributed by atoms with Gasteiger partial charge in [0.1, 0.15) is 18.8 Å². The lowest BCUT2D eigenvalue weighted by Crippen LogP contribution is -2.61. The number of aliphatic carboxylic acids is 1. The van der Waals surface area contributed by atoms with Crippen molar-refractivity contribution in [3.8, 4) is 0 Å². The molecule has 6 atom stereocenters. The Morgan fingerprint density at radius 3 is 1.49 bits per heavy atom. The van der Waals surface area contributed by atoms with Crippen LogP contribution in [0.5, 0.6) is 0 Å². The Morgan fingerprint density at radius 1 is 0.507 bits per heavy atom. The van der Waals surface area contributed by atoms with Gasteiger partial charge in [-0.15, -0.1) is 0 Å². The lowest BCUT2D eigenvalue weighted by molar-refractivity contribution is -0.301. The zero-order valence-electron chi connectivity index (χ0n) is 41.1. The predicted molar refractivity (Wildman–Crippen MR) is 266 cm³/mol. The van der Waals surface area contributed by atoms with Crippen molar-refractivity contribution in [3.63, 3.8) is 0 Å². The molecule has 1 rings (SSSR count). The zero-order chi connectivity index (χ0) is 49.0. The van der Waals surface area contributed by atoms with E-state index in [-0.39, 0.29) is 25.9 Å². The average Bonchev–Trinajstić information content (AvgIpc) is 3.31. The Morgan fingerprint density at radius 2 is 0.970 bits per heavy atom. The molecule has 378 valence electrons. The van der Waals surface area contributed by atoms with Crippen LogP contribution >= 0.6 is 0 Å². The molecule has 0 spiro atoms. The van der Waals surface area contributed by atoms with Gasteiger partial charge in [0.15, 0.2) is 24.6 Å². The monoisotopic (exact) mass is 939 g/mol. The average molecular weight is 939 g/mol. The Balaban J connectivity index is 2.80. The third-order valence-corrected chi connectivity index (χ3v) is 10.7. The standard InChI is InChI=1S/C55H86O12/c1-4-7-10-13-16-19-21-23-24-26-28-31-34-37-40-43-49(58)66-53-51(60)50(59)52(54(61)62)67-55(53)64-45-46(65-48(57)42-39-36-33-29-18-15-12-9-6-3)44-63-47(56)41-38-35-32-30-27-25-22-20-17-14-11-8-5-2/h7-8,10-11,16-17,19-20,23-25,27-28,31-32,35,46,50-53,55,59-60H,4-6,9,12-15,18,21-22,26,29-30,33-34,36-45H2,1-3H3,(H,61,62)/b10-7-,11-8-,19-16-,20-17-,24-23-,27-25-,31-28-,35-32-. The van der Waals surface area contributed by atoms with E-state index in [1.165, 1.54) is 25.7 Å². The summed E-state index contributed by atoms with van der Waals surface area (Å²) >= 11 is 0. The molecule has 0 amide bonds. The van der Waals surface area contributed by atoms with Crippen molar-refractivity contribution in [1.82, 2.24) is 0 Å². The molecular weight excluding hydrogens is 853 g/mol. The molecule has 1 aliphatic rings. The van der Waals surface area contributed by atoms with Gasteiger partial charge in [-0.05, 0) is 83.5 Å². The highest BCUT2D eigenvalue weighted by Crippen LogP contribution is 2.26. The first-order valence-corrected chi connectivity index (χ1v) is 25.2. The van der Waals surface area contributed by atoms with Crippen LogP contribution in [-0.4, -0.2) is 89.2 Å². The fraction of sp³-hybridized carbons (Fsp3) is 0.636. The molecular formula is C55H86O12. The molecule has 0 aliphatic carbocycles. The summed E-state index contributed by atoms with van der Waals surface area (Å²) in [7, 11) is 0. The van der Waals surface area contributed by atoms with Crippen LogP contribution in [0.2, 0.25) is 0 Å². The number of aliphatic hydroxyl groups excluding tert-OH is 2. The smallest absolute Gasteiger partial charge is 0.335 e. The molecule has 12 nitrogen and oxygen atoms in total. The fourth-order valence-corrected chi connectivity index (χ4v) is 6.84. The van der Waals surface area contributed by atoms with Gasteiger partial charge in [-0.1, -0.05) is 169 Å². The van der Waals surface area contributed by atoms with Gasteiger partial charge in [-0.3, -0.25) is 14.4 Å². The van der Waals surface area contributed by atoms with Crippen molar-refractivity contribution in [2.24, 2.45) is 0 Å². The lowest BCUT2D eigenvalue weighted by Gasteiger charge is -2.40. The first kappa shape index (κ1) is 60.7. The topological polar surface area (TPSA) is 175 Å². The largest absolute Gasteiger partial charge is 0.479 e. The predicted octanol–water partition coefficient (Wildman–Crippen LogP) is 11.8. The van der Waals surface area contributed by atoms with E-state index in [4.69, 9.17) is 23.7 Å². The summed E-state index contributed by atoms with van der Waals surface area (Å²) in [5.41, 5.74) is 0. The Labute approximate surface area is 403 Å². The maximum Gasteiger partial charge on any atom is 0.335 e. The number of esters is 3. The van der Waals surface area contributed by atoms with Crippen LogP contribution in [0.25, 0.3) is 0 Å². The highest BCUT2D eigenvalue weighted by molar-refractivity contribution is 5.74. The molecule has 1 aliphatic heterocycles. The van der Waals surface area contributed by atoms with Crippen molar-refractivity contribution < 1.29 is 58.2 Å². The van der Waals surface area contributed by atoms with Crippen LogP contribution in [0.15, 0.2) is 97.2 Å². The summed E-state index contributed by atoms with van der Waals surface area (Å²) in [4.78, 5) is 50.6. The van der Waals surface area contributed by atoms with Crippen molar-refractivity contribution in [1.29, 1.82) is 0 Å². The molecule has 6 unspecified atom stereocenters. The molecule has 0 radical (unpaired) electrons. The minimum Gasteiger partial charge on any atom is -0.479 e. The second-order valence-electron chi connectivity index (χ2n) is 16.7. The highest BCUT2D eigenvalue weighted by atomic mass is 16.7. The van der Waals surface area contributed by atoms with Crippen molar-refractivity contribution in [2.75, 3.05) is 13.2 Å². The van der Waals surface area contributed by atoms with Crippen LogP contribution in [0.1, 0.15) is 175 Å². The second-order valence-corrected chi connectivity index (χ2v) is 16.7. The number of carbonyl (C=O) groups is 4. The molecule has 1 fully saturated rings. The molecule has 0 aromatic carbocycles. The first-order valence-electron chi connectivity index (χ1n) is 25.2. The molecule has 1 saturated heterocycles. The molecule has 0 aromatic rings. The van der Waals surface area contributed by atoms with Gasteiger partial charge in [0.05, 0.1) is 6.61 Å². The van der Waals surface area contributed by atoms with E-state index in [0.717, 1.165) is 83.5 Å². The molecule has 0 saturated carbocycles. The molecule has 3 N–H and O–H groups in total. The second kappa shape index (κ2) is 43.0. The summed E-state index contributed by atoms with van der Waals surface area (Å²) in [6, 6.07) is 0. The molecule has 67 heavy (non-hydrogen) atoms. The normalized spacial score (nSPS) is 19.7. The number of carboxylic acid groups (broad SMARTS) is 1. The van der Waals surface area contributed by atoms with Gasteiger partial charge in [0, 0.05) is 19.3 Å². The van der Waals surface area contributed by atoms with Crippen molar-refractivity contribution in [3.05, 3.63) is 97.2 Å². The van der Waals surface area contributed by atoms with Gasteiger partial charge in [0.25, 0.3) is 0 Å². The molecule has 1 heterocycles. The summed E-state index contributed by atoms with van der Waals surface area (Å²) in [5.74, 6) is -3.30. The van der Waals surface area contributed by atoms with E-state index in [9.17, 15) is 34.5 Å². The third-order valence-electron chi connectivity index (χ3n) is 10.7.